The zero-order chi connectivity index (χ0) is 11.7. The van der Waals surface area contributed by atoms with Gasteiger partial charge in [-0.3, -0.25) is 4.79 Å². The minimum atomic E-state index is -0.00813. The molecule has 5 nitrogen and oxygen atoms in total. The molecule has 86 valence electrons. The van der Waals surface area contributed by atoms with Crippen molar-refractivity contribution in [1.29, 1.82) is 0 Å². The van der Waals surface area contributed by atoms with Gasteiger partial charge in [0.1, 0.15) is 5.69 Å². The van der Waals surface area contributed by atoms with Crippen molar-refractivity contribution in [2.45, 2.75) is 20.3 Å². The van der Waals surface area contributed by atoms with Crippen molar-refractivity contribution in [2.75, 3.05) is 23.3 Å². The van der Waals surface area contributed by atoms with E-state index < -0.39 is 0 Å². The van der Waals surface area contributed by atoms with Crippen molar-refractivity contribution in [1.82, 2.24) is 9.97 Å². The first-order valence-electron chi connectivity index (χ1n) is 5.20. The Kier molecular flexibility index (Phi) is 2.96. The van der Waals surface area contributed by atoms with Gasteiger partial charge in [-0.15, -0.1) is 0 Å². The topological polar surface area (TPSA) is 58.1 Å². The lowest BCUT2D eigenvalue weighted by molar-refractivity contribution is -0.115. The van der Waals surface area contributed by atoms with Gasteiger partial charge in [-0.1, -0.05) is 0 Å². The molecule has 1 aromatic rings. The maximum Gasteiger partial charge on any atom is 0.226 e. The minimum Gasteiger partial charge on any atom is -0.354 e. The molecular weight excluding hydrogens is 228 g/mol. The van der Waals surface area contributed by atoms with Crippen LogP contribution in [-0.2, 0) is 4.79 Å². The lowest BCUT2D eigenvalue weighted by atomic mass is 10.3. The Morgan fingerprint density at radius 1 is 1.50 bits per heavy atom. The van der Waals surface area contributed by atoms with Crippen LogP contribution in [0.15, 0.2) is 0 Å². The maximum absolute atomic E-state index is 11.5. The Morgan fingerprint density at radius 2 is 2.25 bits per heavy atom. The largest absolute Gasteiger partial charge is 0.354 e. The van der Waals surface area contributed by atoms with E-state index in [1.165, 1.54) is 0 Å². The molecule has 0 spiro atoms. The lowest BCUT2D eigenvalue weighted by Crippen LogP contribution is -2.25. The quantitative estimate of drug-likeness (QED) is 0.758. The van der Waals surface area contributed by atoms with Gasteiger partial charge in [0.25, 0.3) is 0 Å². The van der Waals surface area contributed by atoms with Gasteiger partial charge in [0.15, 0.2) is 5.82 Å². The molecular formula is C10H13ClN4O. The predicted octanol–water partition coefficient (Wildman–Crippen LogP) is 1.61. The molecule has 16 heavy (non-hydrogen) atoms. The van der Waals surface area contributed by atoms with Crippen LogP contribution >= 0.6 is 11.6 Å². The summed E-state index contributed by atoms with van der Waals surface area (Å²) in [6.07, 6.45) is 0.460. The molecule has 1 aliphatic heterocycles. The zero-order valence-electron chi connectivity index (χ0n) is 9.25. The minimum absolute atomic E-state index is 0.00813. The summed E-state index contributed by atoms with van der Waals surface area (Å²) < 4.78 is 0. The highest BCUT2D eigenvalue weighted by Gasteiger charge is 2.22. The number of carbonyl (C=O) groups is 1. The first-order chi connectivity index (χ1) is 7.61. The highest BCUT2D eigenvalue weighted by Crippen LogP contribution is 2.29. The number of carbonyl (C=O) groups excluding carboxylic acids is 1. The molecule has 2 heterocycles. The molecule has 0 aromatic carbocycles. The van der Waals surface area contributed by atoms with Crippen LogP contribution in [0, 0.1) is 6.92 Å². The van der Waals surface area contributed by atoms with E-state index in [4.69, 9.17) is 11.6 Å². The maximum atomic E-state index is 11.5. The predicted molar refractivity (Wildman–Crippen MR) is 62.9 cm³/mol. The molecule has 1 aliphatic rings. The van der Waals surface area contributed by atoms with Crippen molar-refractivity contribution in [3.8, 4) is 0 Å². The van der Waals surface area contributed by atoms with E-state index in [9.17, 15) is 4.79 Å². The lowest BCUT2D eigenvalue weighted by Gasteiger charge is -2.21. The molecule has 1 aromatic heterocycles. The standard InChI is InChI=1S/C10H13ClN4O/c1-3-15-5-4-7(16)13-8-6(2)12-10(11)14-9(8)15/h3-5H2,1-2H3,(H,13,16). The SMILES string of the molecule is CCN1CCC(=O)Nc2c(C)nc(Cl)nc21. The Bertz CT molecular complexity index is 435. The number of nitrogens with one attached hydrogen (secondary N) is 1. The average molecular weight is 241 g/mol. The third-order valence-corrected chi connectivity index (χ3v) is 2.77. The number of hydrogen-bond acceptors (Lipinski definition) is 4. The molecule has 0 bridgehead atoms. The second-order valence-electron chi connectivity index (χ2n) is 3.65. The Morgan fingerprint density at radius 3 is 2.94 bits per heavy atom. The van der Waals surface area contributed by atoms with Crippen molar-refractivity contribution in [3.63, 3.8) is 0 Å². The number of nitrogens with zero attached hydrogens (tertiary/aromatic N) is 3. The summed E-state index contributed by atoms with van der Waals surface area (Å²) in [4.78, 5) is 21.8. The fourth-order valence-electron chi connectivity index (χ4n) is 1.75. The van der Waals surface area contributed by atoms with Gasteiger partial charge in [-0.25, -0.2) is 4.98 Å². The molecule has 6 heteroatoms. The molecule has 0 fully saturated rings. The molecule has 1 N–H and O–H groups in total. The third kappa shape index (κ3) is 1.95. The second kappa shape index (κ2) is 4.25. The van der Waals surface area contributed by atoms with Crippen molar-refractivity contribution in [3.05, 3.63) is 11.0 Å². The van der Waals surface area contributed by atoms with Crippen LogP contribution in [0.25, 0.3) is 0 Å². The molecule has 0 saturated carbocycles. The number of rotatable bonds is 1. The van der Waals surface area contributed by atoms with Gasteiger partial charge >= 0.3 is 0 Å². The van der Waals surface area contributed by atoms with Crippen LogP contribution < -0.4 is 10.2 Å². The van der Waals surface area contributed by atoms with Crippen LogP contribution in [-0.4, -0.2) is 29.0 Å². The van der Waals surface area contributed by atoms with Crippen molar-refractivity contribution in [2.24, 2.45) is 0 Å². The molecule has 0 unspecified atom stereocenters. The highest BCUT2D eigenvalue weighted by atomic mass is 35.5. The molecule has 0 saturated heterocycles. The van der Waals surface area contributed by atoms with Crippen LogP contribution in [0.1, 0.15) is 19.0 Å². The van der Waals surface area contributed by atoms with Gasteiger partial charge in [-0.05, 0) is 25.4 Å². The first-order valence-corrected chi connectivity index (χ1v) is 5.58. The molecule has 0 radical (unpaired) electrons. The normalized spacial score (nSPS) is 15.4. The van der Waals surface area contributed by atoms with Crippen molar-refractivity contribution < 1.29 is 4.79 Å². The van der Waals surface area contributed by atoms with Gasteiger partial charge in [0.05, 0.1) is 5.69 Å². The van der Waals surface area contributed by atoms with E-state index in [2.05, 4.69) is 15.3 Å². The van der Waals surface area contributed by atoms with Crippen molar-refractivity contribution >= 4 is 29.0 Å². The van der Waals surface area contributed by atoms with Gasteiger partial charge in [0, 0.05) is 19.5 Å². The number of anilines is 2. The first kappa shape index (κ1) is 11.1. The van der Waals surface area contributed by atoms with Gasteiger partial charge in [0.2, 0.25) is 11.2 Å². The molecule has 0 atom stereocenters. The molecule has 2 rings (SSSR count). The monoisotopic (exact) mass is 240 g/mol. The van der Waals surface area contributed by atoms with E-state index in [1.807, 2.05) is 18.7 Å². The number of amides is 1. The summed E-state index contributed by atoms with van der Waals surface area (Å²) in [6.45, 7) is 5.27. The zero-order valence-corrected chi connectivity index (χ0v) is 10.0. The van der Waals surface area contributed by atoms with Crippen LogP contribution in [0.2, 0.25) is 5.28 Å². The Labute approximate surface area is 98.8 Å². The van der Waals surface area contributed by atoms with E-state index in [0.29, 0.717) is 30.2 Å². The summed E-state index contributed by atoms with van der Waals surface area (Å²) in [5, 5.41) is 3.03. The molecule has 1 amide bonds. The van der Waals surface area contributed by atoms with Gasteiger partial charge < -0.3 is 10.2 Å². The highest BCUT2D eigenvalue weighted by molar-refractivity contribution is 6.28. The van der Waals surface area contributed by atoms with Crippen LogP contribution in [0.4, 0.5) is 11.5 Å². The van der Waals surface area contributed by atoms with E-state index in [1.54, 1.807) is 0 Å². The number of fused-ring (bicyclic) bond motifs is 1. The van der Waals surface area contributed by atoms with E-state index in [0.717, 1.165) is 6.54 Å². The second-order valence-corrected chi connectivity index (χ2v) is 3.99. The number of aryl methyl sites for hydroxylation is 1. The average Bonchev–Trinajstić information content (AvgIpc) is 2.38. The Balaban J connectivity index is 2.55. The summed E-state index contributed by atoms with van der Waals surface area (Å²) in [6, 6.07) is 0. The number of aromatic nitrogens is 2. The van der Waals surface area contributed by atoms with Gasteiger partial charge in [-0.2, -0.15) is 4.98 Å². The summed E-state index contributed by atoms with van der Waals surface area (Å²) in [5.74, 6) is 0.706. The fraction of sp³-hybridized carbons (Fsp3) is 0.500. The summed E-state index contributed by atoms with van der Waals surface area (Å²) >= 11 is 5.83. The van der Waals surface area contributed by atoms with Crippen LogP contribution in [0.5, 0.6) is 0 Å². The van der Waals surface area contributed by atoms with E-state index in [-0.39, 0.29) is 11.2 Å². The summed E-state index contributed by atoms with van der Waals surface area (Å²) in [7, 11) is 0. The third-order valence-electron chi connectivity index (χ3n) is 2.60. The smallest absolute Gasteiger partial charge is 0.226 e. The fourth-order valence-corrected chi connectivity index (χ4v) is 1.96. The Hall–Kier alpha value is -1.36. The van der Waals surface area contributed by atoms with E-state index >= 15 is 0 Å². The number of halogens is 1. The summed E-state index contributed by atoms with van der Waals surface area (Å²) in [5.41, 5.74) is 1.37. The van der Waals surface area contributed by atoms with Crippen LogP contribution in [0.3, 0.4) is 0 Å². The number of hydrogen-bond donors (Lipinski definition) is 1. The molecule has 0 aliphatic carbocycles.